The molecule has 0 aromatic heterocycles. The van der Waals surface area contributed by atoms with E-state index in [2.05, 4.69) is 32.9 Å². The van der Waals surface area contributed by atoms with Crippen molar-refractivity contribution in [2.75, 3.05) is 34.2 Å². The summed E-state index contributed by atoms with van der Waals surface area (Å²) in [6.45, 7) is 6.56. The van der Waals surface area contributed by atoms with Crippen molar-refractivity contribution in [2.45, 2.75) is 64.5 Å². The van der Waals surface area contributed by atoms with Gasteiger partial charge in [0.2, 0.25) is 0 Å². The number of unbranched alkanes of at least 4 members (excludes halogenated alkanes) is 4. The third-order valence-corrected chi connectivity index (χ3v) is 7.04. The molecule has 2 aromatic rings. The molecule has 2 aromatic carbocycles. The lowest BCUT2D eigenvalue weighted by atomic mass is 9.98. The molecule has 178 valence electrons. The molecule has 1 atom stereocenters. The zero-order valence-electron chi connectivity index (χ0n) is 20.9. The number of benzene rings is 2. The van der Waals surface area contributed by atoms with Gasteiger partial charge in [0, 0.05) is 10.8 Å². The van der Waals surface area contributed by atoms with Crippen LogP contribution in [0.5, 0.6) is 23.0 Å². The lowest BCUT2D eigenvalue weighted by molar-refractivity contribution is 0.389. The van der Waals surface area contributed by atoms with E-state index in [1.807, 2.05) is 23.9 Å². The summed E-state index contributed by atoms with van der Waals surface area (Å²) in [6, 6.07) is 5.96. The van der Waals surface area contributed by atoms with Crippen LogP contribution in [0.2, 0.25) is 0 Å². The van der Waals surface area contributed by atoms with Gasteiger partial charge in [0.15, 0.2) is 0 Å². The van der Waals surface area contributed by atoms with Crippen LogP contribution in [0.3, 0.4) is 0 Å². The van der Waals surface area contributed by atoms with E-state index < -0.39 is 0 Å². The maximum Gasteiger partial charge on any atom is 0.135 e. The van der Waals surface area contributed by atoms with Gasteiger partial charge >= 0.3 is 0 Å². The van der Waals surface area contributed by atoms with Gasteiger partial charge < -0.3 is 18.9 Å². The standard InChI is InChI=1S/C27H40O4S/c1-8-9-10-11-12-17-32-24(16-13-19(2)3)20-18-23(30-6)25-21(28-4)14-15-22(29-5)26(25)27(20)31-7/h13-15,18,24H,8-12,16-17H2,1-7H3. The van der Waals surface area contributed by atoms with Gasteiger partial charge in [0.1, 0.15) is 23.0 Å². The number of hydrogen-bond donors (Lipinski definition) is 0. The molecule has 0 radical (unpaired) electrons. The average Bonchev–Trinajstić information content (AvgIpc) is 2.81. The molecule has 0 bridgehead atoms. The first-order valence-corrected chi connectivity index (χ1v) is 12.6. The number of rotatable bonds is 14. The minimum atomic E-state index is 0.264. The van der Waals surface area contributed by atoms with Crippen LogP contribution in [0.4, 0.5) is 0 Å². The van der Waals surface area contributed by atoms with Gasteiger partial charge in [-0.3, -0.25) is 0 Å². The highest BCUT2D eigenvalue weighted by atomic mass is 32.2. The molecule has 0 saturated carbocycles. The molecule has 0 saturated heterocycles. The maximum absolute atomic E-state index is 6.02. The summed E-state index contributed by atoms with van der Waals surface area (Å²) in [5.74, 6) is 4.23. The summed E-state index contributed by atoms with van der Waals surface area (Å²) < 4.78 is 23.2. The fourth-order valence-corrected chi connectivity index (χ4v) is 5.22. The molecule has 0 fully saturated rings. The van der Waals surface area contributed by atoms with Gasteiger partial charge in [-0.2, -0.15) is 11.8 Å². The molecule has 0 amide bonds. The summed E-state index contributed by atoms with van der Waals surface area (Å²) >= 11 is 2.00. The third-order valence-electron chi connectivity index (χ3n) is 5.67. The van der Waals surface area contributed by atoms with Gasteiger partial charge in [-0.25, -0.2) is 0 Å². The molecule has 32 heavy (non-hydrogen) atoms. The molecule has 0 aliphatic heterocycles. The molecule has 5 heteroatoms. The van der Waals surface area contributed by atoms with Gasteiger partial charge in [0.05, 0.1) is 39.2 Å². The number of allylic oxidation sites excluding steroid dienone is 2. The second kappa shape index (κ2) is 13.5. The Bertz CT molecular complexity index is 887. The molecule has 4 nitrogen and oxygen atoms in total. The zero-order valence-corrected chi connectivity index (χ0v) is 21.7. The number of thioether (sulfide) groups is 1. The average molecular weight is 461 g/mol. The van der Waals surface area contributed by atoms with E-state index in [0.29, 0.717) is 0 Å². The summed E-state index contributed by atoms with van der Waals surface area (Å²) in [5, 5.41) is 2.04. The van der Waals surface area contributed by atoms with Crippen molar-refractivity contribution >= 4 is 22.5 Å². The van der Waals surface area contributed by atoms with Crippen LogP contribution in [-0.2, 0) is 0 Å². The minimum Gasteiger partial charge on any atom is -0.496 e. The van der Waals surface area contributed by atoms with Crippen molar-refractivity contribution in [2.24, 2.45) is 0 Å². The summed E-state index contributed by atoms with van der Waals surface area (Å²) in [4.78, 5) is 0. The van der Waals surface area contributed by atoms with E-state index in [1.54, 1.807) is 28.4 Å². The predicted molar refractivity (Wildman–Crippen MR) is 138 cm³/mol. The predicted octanol–water partition coefficient (Wildman–Crippen LogP) is 7.98. The Labute approximate surface area is 198 Å². The molecular formula is C27H40O4S. The van der Waals surface area contributed by atoms with Crippen LogP contribution in [0, 0.1) is 0 Å². The Morgan fingerprint density at radius 3 is 2.03 bits per heavy atom. The van der Waals surface area contributed by atoms with E-state index in [1.165, 1.54) is 37.7 Å². The fourth-order valence-electron chi connectivity index (χ4n) is 3.98. The quantitative estimate of drug-likeness (QED) is 0.211. The first kappa shape index (κ1) is 26.2. The van der Waals surface area contributed by atoms with Crippen molar-refractivity contribution in [3.63, 3.8) is 0 Å². The molecule has 0 heterocycles. The Morgan fingerprint density at radius 2 is 1.47 bits per heavy atom. The third kappa shape index (κ3) is 6.50. The molecular weight excluding hydrogens is 420 g/mol. The lowest BCUT2D eigenvalue weighted by Gasteiger charge is -2.23. The molecule has 2 rings (SSSR count). The highest BCUT2D eigenvalue weighted by Gasteiger charge is 2.25. The van der Waals surface area contributed by atoms with Crippen LogP contribution < -0.4 is 18.9 Å². The first-order chi connectivity index (χ1) is 15.5. The Morgan fingerprint density at radius 1 is 0.844 bits per heavy atom. The number of ether oxygens (including phenoxy) is 4. The molecule has 0 aliphatic carbocycles. The van der Waals surface area contributed by atoms with E-state index in [4.69, 9.17) is 18.9 Å². The summed E-state index contributed by atoms with van der Waals surface area (Å²) in [7, 11) is 6.80. The van der Waals surface area contributed by atoms with Crippen molar-refractivity contribution in [1.82, 2.24) is 0 Å². The van der Waals surface area contributed by atoms with E-state index in [9.17, 15) is 0 Å². The minimum absolute atomic E-state index is 0.264. The first-order valence-electron chi connectivity index (χ1n) is 11.6. The summed E-state index contributed by atoms with van der Waals surface area (Å²) in [6.07, 6.45) is 9.70. The number of fused-ring (bicyclic) bond motifs is 1. The van der Waals surface area contributed by atoms with Crippen LogP contribution in [0.1, 0.15) is 70.1 Å². The van der Waals surface area contributed by atoms with Crippen LogP contribution in [0.25, 0.3) is 10.8 Å². The fraction of sp³-hybridized carbons (Fsp3) is 0.556. The normalized spacial score (nSPS) is 11.8. The summed E-state index contributed by atoms with van der Waals surface area (Å²) in [5.41, 5.74) is 2.46. The Balaban J connectivity index is 2.55. The Kier molecular flexibility index (Phi) is 11.1. The molecule has 0 spiro atoms. The van der Waals surface area contributed by atoms with E-state index in [0.717, 1.165) is 51.5 Å². The number of methoxy groups -OCH3 is 4. The highest BCUT2D eigenvalue weighted by Crippen LogP contribution is 2.50. The highest BCUT2D eigenvalue weighted by molar-refractivity contribution is 7.99. The number of hydrogen-bond acceptors (Lipinski definition) is 5. The van der Waals surface area contributed by atoms with Crippen molar-refractivity contribution in [3.05, 3.63) is 35.4 Å². The van der Waals surface area contributed by atoms with Gasteiger partial charge in [-0.15, -0.1) is 0 Å². The van der Waals surface area contributed by atoms with Crippen molar-refractivity contribution in [3.8, 4) is 23.0 Å². The van der Waals surface area contributed by atoms with Crippen LogP contribution in [-0.4, -0.2) is 34.2 Å². The van der Waals surface area contributed by atoms with Crippen LogP contribution in [0.15, 0.2) is 29.8 Å². The van der Waals surface area contributed by atoms with Crippen molar-refractivity contribution in [1.29, 1.82) is 0 Å². The van der Waals surface area contributed by atoms with E-state index >= 15 is 0 Å². The second-order valence-corrected chi connectivity index (χ2v) is 9.52. The lowest BCUT2D eigenvalue weighted by Crippen LogP contribution is -2.03. The van der Waals surface area contributed by atoms with Gasteiger partial charge in [0.25, 0.3) is 0 Å². The van der Waals surface area contributed by atoms with Crippen molar-refractivity contribution < 1.29 is 18.9 Å². The monoisotopic (exact) mass is 460 g/mol. The maximum atomic E-state index is 6.02. The molecule has 1 unspecified atom stereocenters. The molecule has 0 aliphatic rings. The topological polar surface area (TPSA) is 36.9 Å². The van der Waals surface area contributed by atoms with Crippen LogP contribution >= 0.6 is 11.8 Å². The SMILES string of the molecule is CCCCCCCSC(CC=C(C)C)c1cc(OC)c2c(OC)ccc(OC)c2c1OC. The van der Waals surface area contributed by atoms with Gasteiger partial charge in [-0.05, 0) is 50.6 Å². The zero-order chi connectivity index (χ0) is 23.5. The second-order valence-electron chi connectivity index (χ2n) is 8.21. The Hall–Kier alpha value is -2.01. The smallest absolute Gasteiger partial charge is 0.135 e. The largest absolute Gasteiger partial charge is 0.496 e. The van der Waals surface area contributed by atoms with E-state index in [-0.39, 0.29) is 5.25 Å². The van der Waals surface area contributed by atoms with Gasteiger partial charge in [-0.1, -0.05) is 44.3 Å². The molecule has 0 N–H and O–H groups in total.